The van der Waals surface area contributed by atoms with Gasteiger partial charge in [-0.3, -0.25) is 0 Å². The van der Waals surface area contributed by atoms with E-state index in [0.29, 0.717) is 0 Å². The lowest BCUT2D eigenvalue weighted by molar-refractivity contribution is 1.09. The molecule has 0 radical (unpaired) electrons. The molecule has 0 N–H and O–H groups in total. The van der Waals surface area contributed by atoms with Crippen molar-refractivity contribution in [2.45, 2.75) is 34.1 Å². The molecule has 0 bridgehead atoms. The topological polar surface area (TPSA) is 0 Å². The molecular weight excluding hydrogens is 204 g/mol. The summed E-state index contributed by atoms with van der Waals surface area (Å²) in [5.74, 6) is 0. The fourth-order valence-corrected chi connectivity index (χ4v) is 1.73. The Hall–Kier alpha value is -1.56. The summed E-state index contributed by atoms with van der Waals surface area (Å²) < 4.78 is 0. The minimum atomic E-state index is 1.25. The molecule has 0 amide bonds. The largest absolute Gasteiger partial charge is 0.0871 e. The van der Waals surface area contributed by atoms with Gasteiger partial charge in [0.25, 0.3) is 0 Å². The molecule has 0 unspecified atom stereocenters. The van der Waals surface area contributed by atoms with Gasteiger partial charge >= 0.3 is 0 Å². The molecule has 2 aromatic rings. The summed E-state index contributed by atoms with van der Waals surface area (Å²) >= 11 is 0. The van der Waals surface area contributed by atoms with E-state index in [9.17, 15) is 0 Å². The summed E-state index contributed by atoms with van der Waals surface area (Å²) in [6, 6.07) is 13.0. The number of hydrogen-bond acceptors (Lipinski definition) is 0. The SMILES string of the molecule is C/C=C\c1cc2ccccc2cc1C.CCC. The van der Waals surface area contributed by atoms with Gasteiger partial charge in [0.2, 0.25) is 0 Å². The average molecular weight is 226 g/mol. The molecule has 0 aromatic heterocycles. The van der Waals surface area contributed by atoms with Crippen molar-refractivity contribution in [3.8, 4) is 0 Å². The fourth-order valence-electron chi connectivity index (χ4n) is 1.73. The third-order valence-electron chi connectivity index (χ3n) is 2.48. The monoisotopic (exact) mass is 226 g/mol. The highest BCUT2D eigenvalue weighted by atomic mass is 14.0. The second-order valence-electron chi connectivity index (χ2n) is 4.26. The van der Waals surface area contributed by atoms with E-state index < -0.39 is 0 Å². The first-order chi connectivity index (χ1) is 8.22. The molecule has 0 fully saturated rings. The summed E-state index contributed by atoms with van der Waals surface area (Å²) in [6.07, 6.45) is 5.48. The Bertz CT molecular complexity index is 492. The summed E-state index contributed by atoms with van der Waals surface area (Å²) in [5.41, 5.74) is 2.65. The summed E-state index contributed by atoms with van der Waals surface area (Å²) in [7, 11) is 0. The molecule has 0 heteroatoms. The zero-order chi connectivity index (χ0) is 12.7. The number of hydrogen-bond donors (Lipinski definition) is 0. The number of allylic oxidation sites excluding steroid dienone is 1. The van der Waals surface area contributed by atoms with Gasteiger partial charge in [0.05, 0.1) is 0 Å². The van der Waals surface area contributed by atoms with Crippen LogP contribution >= 0.6 is 0 Å². The minimum absolute atomic E-state index is 1.25. The van der Waals surface area contributed by atoms with Crippen LogP contribution in [0.5, 0.6) is 0 Å². The average Bonchev–Trinajstić information content (AvgIpc) is 2.31. The molecule has 90 valence electrons. The van der Waals surface area contributed by atoms with Gasteiger partial charge in [-0.25, -0.2) is 0 Å². The van der Waals surface area contributed by atoms with E-state index in [0.717, 1.165) is 0 Å². The zero-order valence-electron chi connectivity index (χ0n) is 11.3. The molecule has 0 aliphatic rings. The van der Waals surface area contributed by atoms with E-state index in [1.165, 1.54) is 28.3 Å². The van der Waals surface area contributed by atoms with E-state index in [-0.39, 0.29) is 0 Å². The molecule has 0 aliphatic carbocycles. The summed E-state index contributed by atoms with van der Waals surface area (Å²) in [5, 5.41) is 2.63. The first-order valence-corrected chi connectivity index (χ1v) is 6.35. The predicted molar refractivity (Wildman–Crippen MR) is 79.4 cm³/mol. The highest BCUT2D eigenvalue weighted by molar-refractivity contribution is 5.85. The van der Waals surface area contributed by atoms with Crippen LogP contribution in [-0.2, 0) is 0 Å². The Morgan fingerprint density at radius 1 is 1.00 bits per heavy atom. The lowest BCUT2D eigenvalue weighted by Gasteiger charge is -2.03. The maximum atomic E-state index is 2.24. The molecule has 0 aliphatic heterocycles. The van der Waals surface area contributed by atoms with Crippen LogP contribution in [0.1, 0.15) is 38.3 Å². The Labute approximate surface area is 105 Å². The summed E-state index contributed by atoms with van der Waals surface area (Å²) in [6.45, 7) is 8.45. The van der Waals surface area contributed by atoms with Gasteiger partial charge in [-0.2, -0.15) is 0 Å². The van der Waals surface area contributed by atoms with Crippen LogP contribution in [0.4, 0.5) is 0 Å². The maximum Gasteiger partial charge on any atom is -0.0178 e. The smallest absolute Gasteiger partial charge is 0.0178 e. The Morgan fingerprint density at radius 2 is 1.53 bits per heavy atom. The van der Waals surface area contributed by atoms with E-state index >= 15 is 0 Å². The van der Waals surface area contributed by atoms with Gasteiger partial charge in [0.15, 0.2) is 0 Å². The molecule has 0 saturated carbocycles. The molecule has 17 heavy (non-hydrogen) atoms. The number of benzene rings is 2. The van der Waals surface area contributed by atoms with Crippen molar-refractivity contribution in [2.75, 3.05) is 0 Å². The fraction of sp³-hybridized carbons (Fsp3) is 0.294. The Morgan fingerprint density at radius 3 is 2.06 bits per heavy atom. The molecule has 2 aromatic carbocycles. The van der Waals surface area contributed by atoms with Crippen LogP contribution in [0.25, 0.3) is 16.8 Å². The predicted octanol–water partition coefficient (Wildman–Crippen LogP) is 5.60. The highest BCUT2D eigenvalue weighted by Crippen LogP contribution is 2.20. The van der Waals surface area contributed by atoms with Crippen LogP contribution in [0.15, 0.2) is 42.5 Å². The van der Waals surface area contributed by atoms with Crippen molar-refractivity contribution in [3.63, 3.8) is 0 Å². The van der Waals surface area contributed by atoms with Crippen LogP contribution in [0.2, 0.25) is 0 Å². The molecule has 0 heterocycles. The van der Waals surface area contributed by atoms with Crippen LogP contribution in [0.3, 0.4) is 0 Å². The standard InChI is InChI=1S/C14H14.C3H8/c1-3-6-12-10-14-8-5-4-7-13(14)9-11(12)2;1-3-2/h3-10H,1-2H3;3H2,1-2H3/b6-3-;. The van der Waals surface area contributed by atoms with Crippen molar-refractivity contribution < 1.29 is 0 Å². The van der Waals surface area contributed by atoms with Gasteiger partial charge in [-0.15, -0.1) is 0 Å². The van der Waals surface area contributed by atoms with E-state index in [4.69, 9.17) is 0 Å². The molecule has 2 rings (SSSR count). The van der Waals surface area contributed by atoms with Crippen molar-refractivity contribution in [1.29, 1.82) is 0 Å². The van der Waals surface area contributed by atoms with E-state index in [2.05, 4.69) is 76.2 Å². The Kier molecular flexibility index (Phi) is 5.48. The van der Waals surface area contributed by atoms with Crippen molar-refractivity contribution in [3.05, 3.63) is 53.6 Å². The quantitative estimate of drug-likeness (QED) is 0.594. The molecule has 0 atom stereocenters. The molecule has 0 spiro atoms. The van der Waals surface area contributed by atoms with Crippen molar-refractivity contribution >= 4 is 16.8 Å². The van der Waals surface area contributed by atoms with Gasteiger partial charge in [0, 0.05) is 0 Å². The molecule has 0 nitrogen and oxygen atoms in total. The number of aryl methyl sites for hydroxylation is 1. The second-order valence-corrected chi connectivity index (χ2v) is 4.26. The van der Waals surface area contributed by atoms with Crippen LogP contribution in [-0.4, -0.2) is 0 Å². The van der Waals surface area contributed by atoms with E-state index in [1.54, 1.807) is 0 Å². The lowest BCUT2D eigenvalue weighted by atomic mass is 10.0. The normalized spacial score (nSPS) is 10.4. The molecular formula is C17H22. The first kappa shape index (κ1) is 13.5. The number of fused-ring (bicyclic) bond motifs is 1. The van der Waals surface area contributed by atoms with Gasteiger partial charge in [-0.05, 0) is 41.8 Å². The third kappa shape index (κ3) is 3.74. The van der Waals surface area contributed by atoms with Gasteiger partial charge < -0.3 is 0 Å². The Balaban J connectivity index is 0.000000437. The van der Waals surface area contributed by atoms with Crippen molar-refractivity contribution in [2.24, 2.45) is 0 Å². The van der Waals surface area contributed by atoms with Gasteiger partial charge in [-0.1, -0.05) is 62.8 Å². The highest BCUT2D eigenvalue weighted by Gasteiger charge is 1.97. The van der Waals surface area contributed by atoms with E-state index in [1.807, 2.05) is 0 Å². The number of rotatable bonds is 1. The second kappa shape index (κ2) is 6.90. The van der Waals surface area contributed by atoms with Crippen molar-refractivity contribution in [1.82, 2.24) is 0 Å². The zero-order valence-corrected chi connectivity index (χ0v) is 11.3. The lowest BCUT2D eigenvalue weighted by Crippen LogP contribution is -1.81. The van der Waals surface area contributed by atoms with Crippen LogP contribution in [0, 0.1) is 6.92 Å². The van der Waals surface area contributed by atoms with Crippen LogP contribution < -0.4 is 0 Å². The van der Waals surface area contributed by atoms with Gasteiger partial charge in [0.1, 0.15) is 0 Å². The third-order valence-corrected chi connectivity index (χ3v) is 2.48. The first-order valence-electron chi connectivity index (χ1n) is 6.35. The minimum Gasteiger partial charge on any atom is -0.0871 e. The molecule has 0 saturated heterocycles. The maximum absolute atomic E-state index is 2.24. The summed E-state index contributed by atoms with van der Waals surface area (Å²) in [4.78, 5) is 0.